The maximum absolute atomic E-state index is 11.2. The molecule has 1 aromatic heterocycles. The normalized spacial score (nSPS) is 16.4. The second-order valence-electron chi connectivity index (χ2n) is 2.35. The van der Waals surface area contributed by atoms with Crippen molar-refractivity contribution in [2.45, 2.75) is 0 Å². The highest BCUT2D eigenvalue weighted by Gasteiger charge is 2.39. The van der Waals surface area contributed by atoms with E-state index < -0.39 is 17.8 Å². The van der Waals surface area contributed by atoms with E-state index in [0.717, 1.165) is 11.3 Å². The number of urea groups is 1. The van der Waals surface area contributed by atoms with Gasteiger partial charge in [-0.3, -0.25) is 14.9 Å². The van der Waals surface area contributed by atoms with Crippen LogP contribution in [-0.4, -0.2) is 22.8 Å². The lowest BCUT2D eigenvalue weighted by atomic mass is 10.6. The van der Waals surface area contributed by atoms with Gasteiger partial charge in [0.05, 0.1) is 9.98 Å². The van der Waals surface area contributed by atoms with E-state index in [9.17, 15) is 14.4 Å². The Kier molecular flexibility index (Phi) is 2.08. The van der Waals surface area contributed by atoms with Crippen LogP contribution in [0.3, 0.4) is 0 Å². The quantitative estimate of drug-likeness (QED) is 0.598. The minimum Gasteiger partial charge on any atom is -0.269 e. The van der Waals surface area contributed by atoms with Gasteiger partial charge in [0.25, 0.3) is 0 Å². The van der Waals surface area contributed by atoms with E-state index in [4.69, 9.17) is 0 Å². The van der Waals surface area contributed by atoms with Gasteiger partial charge in [-0.25, -0.2) is 9.78 Å². The summed E-state index contributed by atoms with van der Waals surface area (Å²) in [6.45, 7) is 0. The number of carbonyl (C=O) groups excluding carboxylic acids is 3. The summed E-state index contributed by atoms with van der Waals surface area (Å²) in [5.41, 5.74) is 0. The van der Waals surface area contributed by atoms with Crippen molar-refractivity contribution < 1.29 is 14.4 Å². The summed E-state index contributed by atoms with van der Waals surface area (Å²) < 4.78 is 0.674. The first-order valence-corrected chi connectivity index (χ1v) is 5.01. The number of amides is 4. The van der Waals surface area contributed by atoms with Crippen molar-refractivity contribution in [3.63, 3.8) is 0 Å². The predicted octanol–water partition coefficient (Wildman–Crippen LogP) is 0.488. The number of rotatable bonds is 1. The van der Waals surface area contributed by atoms with Gasteiger partial charge in [-0.05, 0) is 15.9 Å². The maximum atomic E-state index is 11.2. The number of anilines is 1. The van der Waals surface area contributed by atoms with Crippen LogP contribution in [-0.2, 0) is 9.59 Å². The number of halogens is 1. The van der Waals surface area contributed by atoms with E-state index in [0.29, 0.717) is 8.69 Å². The fraction of sp³-hybridized carbons (Fsp3) is 0. The monoisotopic (exact) mass is 275 g/mol. The average Bonchev–Trinajstić information content (AvgIpc) is 2.60. The maximum Gasteiger partial charge on any atom is 0.338 e. The molecule has 72 valence electrons. The SMILES string of the molecule is O=C1NC(=O)N(c2ncc(Br)s2)C1=O. The van der Waals surface area contributed by atoms with Crippen molar-refractivity contribution in [1.82, 2.24) is 10.3 Å². The highest BCUT2D eigenvalue weighted by molar-refractivity contribution is 9.11. The molecular weight excluding hydrogens is 274 g/mol. The fourth-order valence-electron chi connectivity index (χ4n) is 0.923. The van der Waals surface area contributed by atoms with Gasteiger partial charge < -0.3 is 0 Å². The van der Waals surface area contributed by atoms with Crippen LogP contribution < -0.4 is 10.2 Å². The number of aromatic nitrogens is 1. The number of nitrogens with zero attached hydrogens (tertiary/aromatic N) is 2. The number of hydrogen-bond acceptors (Lipinski definition) is 5. The van der Waals surface area contributed by atoms with E-state index >= 15 is 0 Å². The second-order valence-corrected chi connectivity index (χ2v) is 4.74. The molecule has 4 amide bonds. The van der Waals surface area contributed by atoms with Crippen LogP contribution >= 0.6 is 27.3 Å². The third-order valence-electron chi connectivity index (χ3n) is 1.48. The highest BCUT2D eigenvalue weighted by atomic mass is 79.9. The molecule has 0 saturated carbocycles. The zero-order valence-corrected chi connectivity index (χ0v) is 8.89. The number of nitrogens with one attached hydrogen (secondary N) is 1. The van der Waals surface area contributed by atoms with Crippen LogP contribution in [0.5, 0.6) is 0 Å². The van der Waals surface area contributed by atoms with Crippen molar-refractivity contribution in [1.29, 1.82) is 0 Å². The van der Waals surface area contributed by atoms with Crippen LogP contribution in [0.25, 0.3) is 0 Å². The third-order valence-corrected chi connectivity index (χ3v) is 2.94. The van der Waals surface area contributed by atoms with Gasteiger partial charge in [-0.1, -0.05) is 11.3 Å². The zero-order valence-electron chi connectivity index (χ0n) is 6.48. The molecule has 8 heteroatoms. The van der Waals surface area contributed by atoms with Gasteiger partial charge in [0.2, 0.25) is 5.13 Å². The Hall–Kier alpha value is -1.28. The van der Waals surface area contributed by atoms with Crippen molar-refractivity contribution in [3.05, 3.63) is 9.98 Å². The summed E-state index contributed by atoms with van der Waals surface area (Å²) in [5, 5.41) is 2.05. The zero-order chi connectivity index (χ0) is 10.3. The van der Waals surface area contributed by atoms with Gasteiger partial charge in [0.15, 0.2) is 0 Å². The largest absolute Gasteiger partial charge is 0.338 e. The van der Waals surface area contributed by atoms with Crippen LogP contribution in [0, 0.1) is 0 Å². The standard InChI is InChI=1S/C6H2BrN3O3S/c7-2-1-8-6(14-2)10-4(12)3(11)9-5(10)13/h1H,(H,9,11,13). The Labute approximate surface area is 90.0 Å². The van der Waals surface area contributed by atoms with Crippen molar-refractivity contribution >= 4 is 50.2 Å². The molecule has 0 radical (unpaired) electrons. The van der Waals surface area contributed by atoms with E-state index in [2.05, 4.69) is 20.9 Å². The van der Waals surface area contributed by atoms with Crippen LogP contribution in [0.1, 0.15) is 0 Å². The molecule has 0 bridgehead atoms. The van der Waals surface area contributed by atoms with Gasteiger partial charge in [0, 0.05) is 0 Å². The summed E-state index contributed by atoms with van der Waals surface area (Å²) in [6, 6.07) is -0.762. The smallest absolute Gasteiger partial charge is 0.269 e. The van der Waals surface area contributed by atoms with E-state index in [1.165, 1.54) is 6.20 Å². The number of hydrogen-bond donors (Lipinski definition) is 1. The minimum absolute atomic E-state index is 0.172. The molecule has 1 N–H and O–H groups in total. The Morgan fingerprint density at radius 2 is 2.14 bits per heavy atom. The molecule has 1 saturated heterocycles. The molecule has 0 atom stereocenters. The molecule has 1 aliphatic heterocycles. The Bertz CT molecular complexity index is 443. The molecular formula is C6H2BrN3O3S. The summed E-state index contributed by atoms with van der Waals surface area (Å²) >= 11 is 4.23. The highest BCUT2D eigenvalue weighted by Crippen LogP contribution is 2.27. The first-order valence-electron chi connectivity index (χ1n) is 3.40. The molecule has 14 heavy (non-hydrogen) atoms. The van der Waals surface area contributed by atoms with Gasteiger partial charge in [0.1, 0.15) is 0 Å². The topological polar surface area (TPSA) is 79.4 Å². The average molecular weight is 276 g/mol. The minimum atomic E-state index is -0.929. The summed E-state index contributed by atoms with van der Waals surface area (Å²) in [7, 11) is 0. The summed E-state index contributed by atoms with van der Waals surface area (Å²) in [6.07, 6.45) is 1.45. The van der Waals surface area contributed by atoms with Crippen molar-refractivity contribution in [2.24, 2.45) is 0 Å². The van der Waals surface area contributed by atoms with E-state index in [-0.39, 0.29) is 5.13 Å². The van der Waals surface area contributed by atoms with Crippen molar-refractivity contribution in [2.75, 3.05) is 4.90 Å². The third kappa shape index (κ3) is 1.32. The van der Waals surface area contributed by atoms with Crippen molar-refractivity contribution in [3.8, 4) is 0 Å². The molecule has 0 unspecified atom stereocenters. The molecule has 0 spiro atoms. The van der Waals surface area contributed by atoms with Gasteiger partial charge >= 0.3 is 17.8 Å². The fourth-order valence-corrected chi connectivity index (χ4v) is 2.10. The lowest BCUT2D eigenvalue weighted by Gasteiger charge is -2.04. The lowest BCUT2D eigenvalue weighted by molar-refractivity contribution is -0.134. The molecule has 0 aliphatic carbocycles. The predicted molar refractivity (Wildman–Crippen MR) is 50.8 cm³/mol. The van der Waals surface area contributed by atoms with E-state index in [1.54, 1.807) is 0 Å². The molecule has 0 aromatic carbocycles. The van der Waals surface area contributed by atoms with Crippen LogP contribution in [0.15, 0.2) is 9.98 Å². The van der Waals surface area contributed by atoms with Gasteiger partial charge in [-0.2, -0.15) is 4.90 Å². The number of imide groups is 2. The molecule has 1 aromatic rings. The first kappa shape index (κ1) is 9.28. The lowest BCUT2D eigenvalue weighted by Crippen LogP contribution is -2.30. The summed E-state index contributed by atoms with van der Waals surface area (Å²) in [4.78, 5) is 37.6. The number of thiazole rings is 1. The van der Waals surface area contributed by atoms with Crippen LogP contribution in [0.2, 0.25) is 0 Å². The van der Waals surface area contributed by atoms with Gasteiger partial charge in [-0.15, -0.1) is 0 Å². The number of carbonyl (C=O) groups is 3. The Morgan fingerprint density at radius 3 is 2.57 bits per heavy atom. The Morgan fingerprint density at radius 1 is 1.43 bits per heavy atom. The summed E-state index contributed by atoms with van der Waals surface area (Å²) in [5.74, 6) is -1.84. The molecule has 1 fully saturated rings. The van der Waals surface area contributed by atoms with E-state index in [1.807, 2.05) is 5.32 Å². The first-order chi connectivity index (χ1) is 6.59. The molecule has 2 rings (SSSR count). The second kappa shape index (κ2) is 3.14. The molecule has 6 nitrogen and oxygen atoms in total. The van der Waals surface area contributed by atoms with Crippen LogP contribution in [0.4, 0.5) is 9.93 Å². The molecule has 1 aliphatic rings. The Balaban J connectivity index is 2.40. The molecule has 2 heterocycles.